The van der Waals surface area contributed by atoms with Crippen LogP contribution in [0.2, 0.25) is 0 Å². The quantitative estimate of drug-likeness (QED) is 0.689. The van der Waals surface area contributed by atoms with Gasteiger partial charge in [0.25, 0.3) is 17.5 Å². The second-order valence-corrected chi connectivity index (χ2v) is 5.82. The molecule has 3 aromatic heterocycles. The van der Waals surface area contributed by atoms with Gasteiger partial charge in [0.1, 0.15) is 5.69 Å². The predicted octanol–water partition coefficient (Wildman–Crippen LogP) is 1.27. The van der Waals surface area contributed by atoms with E-state index in [1.165, 1.54) is 18.6 Å². The van der Waals surface area contributed by atoms with Crippen molar-refractivity contribution in [3.8, 4) is 0 Å². The number of pyridine rings is 1. The second kappa shape index (κ2) is 5.93. The summed E-state index contributed by atoms with van der Waals surface area (Å²) >= 11 is 0. The molecule has 0 saturated heterocycles. The van der Waals surface area contributed by atoms with Gasteiger partial charge in [-0.15, -0.1) is 0 Å². The van der Waals surface area contributed by atoms with Crippen molar-refractivity contribution in [1.29, 1.82) is 0 Å². The van der Waals surface area contributed by atoms with Gasteiger partial charge in [-0.25, -0.2) is 9.97 Å². The van der Waals surface area contributed by atoms with Gasteiger partial charge in [-0.1, -0.05) is 5.16 Å². The monoisotopic (exact) mass is 338 g/mol. The molecule has 0 radical (unpaired) electrons. The number of carbonyl (C=O) groups excluding carboxylic acids is 2. The van der Waals surface area contributed by atoms with Crippen molar-refractivity contribution in [3.63, 3.8) is 0 Å². The molecule has 0 atom stereocenters. The number of aromatic nitrogens is 4. The Kier molecular flexibility index (Phi) is 3.60. The van der Waals surface area contributed by atoms with E-state index in [1.54, 1.807) is 13.0 Å². The Morgan fingerprint density at radius 2 is 2.00 bits per heavy atom. The Bertz CT molecular complexity index is 965. The highest BCUT2D eigenvalue weighted by Gasteiger charge is 2.28. The summed E-state index contributed by atoms with van der Waals surface area (Å²) in [5.41, 5.74) is 6.87. The SMILES string of the molecule is Cc1noc2nc(C3CC3)cc(C(=O)NNC(=O)c3cnccn3)c12. The third kappa shape index (κ3) is 2.91. The van der Waals surface area contributed by atoms with Crippen molar-refractivity contribution in [2.24, 2.45) is 0 Å². The average molecular weight is 338 g/mol. The molecule has 0 unspecified atom stereocenters. The van der Waals surface area contributed by atoms with Gasteiger partial charge in [-0.2, -0.15) is 0 Å². The van der Waals surface area contributed by atoms with Crippen molar-refractivity contribution >= 4 is 22.9 Å². The van der Waals surface area contributed by atoms with Crippen LogP contribution in [0.25, 0.3) is 11.1 Å². The number of hydrogen-bond donors (Lipinski definition) is 2. The lowest BCUT2D eigenvalue weighted by molar-refractivity contribution is 0.0844. The zero-order valence-electron chi connectivity index (χ0n) is 13.3. The molecule has 0 aliphatic heterocycles. The first-order chi connectivity index (χ1) is 12.1. The highest BCUT2D eigenvalue weighted by atomic mass is 16.5. The molecule has 0 aromatic carbocycles. The fraction of sp³-hybridized carbons (Fsp3) is 0.250. The number of fused-ring (bicyclic) bond motifs is 1. The zero-order chi connectivity index (χ0) is 17.4. The van der Waals surface area contributed by atoms with Gasteiger partial charge in [0.05, 0.1) is 22.8 Å². The zero-order valence-corrected chi connectivity index (χ0v) is 13.3. The lowest BCUT2D eigenvalue weighted by atomic mass is 10.1. The van der Waals surface area contributed by atoms with Gasteiger partial charge in [0.15, 0.2) is 0 Å². The molecule has 9 heteroatoms. The molecule has 126 valence electrons. The van der Waals surface area contributed by atoms with E-state index >= 15 is 0 Å². The Morgan fingerprint density at radius 1 is 1.20 bits per heavy atom. The lowest BCUT2D eigenvalue weighted by Crippen LogP contribution is -2.42. The molecule has 1 aliphatic rings. The summed E-state index contributed by atoms with van der Waals surface area (Å²) in [6.07, 6.45) is 6.23. The number of carbonyl (C=O) groups is 2. The highest BCUT2D eigenvalue weighted by Crippen LogP contribution is 2.40. The Hall–Kier alpha value is -3.36. The number of nitrogens with zero attached hydrogens (tertiary/aromatic N) is 4. The third-order valence-electron chi connectivity index (χ3n) is 3.96. The van der Waals surface area contributed by atoms with E-state index in [0.717, 1.165) is 18.5 Å². The molecule has 2 N–H and O–H groups in total. The normalized spacial score (nSPS) is 13.6. The van der Waals surface area contributed by atoms with Crippen LogP contribution in [0.3, 0.4) is 0 Å². The number of aryl methyl sites for hydroxylation is 1. The smallest absolute Gasteiger partial charge is 0.289 e. The van der Waals surface area contributed by atoms with Crippen LogP contribution in [0, 0.1) is 6.92 Å². The van der Waals surface area contributed by atoms with Crippen LogP contribution >= 0.6 is 0 Å². The van der Waals surface area contributed by atoms with Crippen molar-refractivity contribution < 1.29 is 14.1 Å². The third-order valence-corrected chi connectivity index (χ3v) is 3.96. The number of hydrazine groups is 1. The van der Waals surface area contributed by atoms with Crippen LogP contribution < -0.4 is 10.9 Å². The van der Waals surface area contributed by atoms with Crippen LogP contribution in [0.15, 0.2) is 29.2 Å². The fourth-order valence-electron chi connectivity index (χ4n) is 2.54. The topological polar surface area (TPSA) is 123 Å². The largest absolute Gasteiger partial charge is 0.336 e. The maximum atomic E-state index is 12.6. The standard InChI is InChI=1S/C16H14N6O3/c1-8-13-10(6-11(9-2-3-9)19-16(13)25-22-8)14(23)20-21-15(24)12-7-17-4-5-18-12/h4-7,9H,2-3H2,1H3,(H,20,23)(H,21,24). The molecule has 0 bridgehead atoms. The van der Waals surface area contributed by atoms with Gasteiger partial charge in [-0.05, 0) is 25.8 Å². The number of rotatable bonds is 3. The average Bonchev–Trinajstić information content (AvgIpc) is 3.43. The highest BCUT2D eigenvalue weighted by molar-refractivity contribution is 6.07. The molecule has 1 fully saturated rings. The number of amides is 2. The predicted molar refractivity (Wildman–Crippen MR) is 85.5 cm³/mol. The fourth-order valence-corrected chi connectivity index (χ4v) is 2.54. The maximum absolute atomic E-state index is 12.6. The Morgan fingerprint density at radius 3 is 2.72 bits per heavy atom. The first-order valence-corrected chi connectivity index (χ1v) is 7.77. The molecule has 4 rings (SSSR count). The summed E-state index contributed by atoms with van der Waals surface area (Å²) in [4.78, 5) is 36.7. The van der Waals surface area contributed by atoms with Gasteiger partial charge in [0, 0.05) is 24.0 Å². The lowest BCUT2D eigenvalue weighted by Gasteiger charge is -2.08. The number of nitrogens with one attached hydrogen (secondary N) is 2. The molecule has 3 heterocycles. The molecule has 0 spiro atoms. The Balaban J connectivity index is 1.59. The maximum Gasteiger partial charge on any atom is 0.289 e. The minimum Gasteiger partial charge on any atom is -0.336 e. The summed E-state index contributed by atoms with van der Waals surface area (Å²) in [7, 11) is 0. The van der Waals surface area contributed by atoms with E-state index in [-0.39, 0.29) is 5.69 Å². The minimum atomic E-state index is -0.559. The van der Waals surface area contributed by atoms with Gasteiger partial charge < -0.3 is 4.52 Å². The minimum absolute atomic E-state index is 0.0995. The molecule has 2 amide bonds. The summed E-state index contributed by atoms with van der Waals surface area (Å²) < 4.78 is 5.21. The second-order valence-electron chi connectivity index (χ2n) is 5.82. The molecule has 1 aliphatic carbocycles. The van der Waals surface area contributed by atoms with Crippen LogP contribution in [0.5, 0.6) is 0 Å². The van der Waals surface area contributed by atoms with Crippen LogP contribution in [-0.4, -0.2) is 31.9 Å². The van der Waals surface area contributed by atoms with Crippen molar-refractivity contribution in [1.82, 2.24) is 31.0 Å². The van der Waals surface area contributed by atoms with Crippen molar-refractivity contribution in [2.45, 2.75) is 25.7 Å². The van der Waals surface area contributed by atoms with Gasteiger partial charge in [-0.3, -0.25) is 25.4 Å². The van der Waals surface area contributed by atoms with Crippen LogP contribution in [-0.2, 0) is 0 Å². The summed E-state index contributed by atoms with van der Waals surface area (Å²) in [5, 5.41) is 4.42. The summed E-state index contributed by atoms with van der Waals surface area (Å²) in [5.74, 6) is -0.690. The van der Waals surface area contributed by atoms with Crippen molar-refractivity contribution in [3.05, 3.63) is 47.3 Å². The summed E-state index contributed by atoms with van der Waals surface area (Å²) in [6.45, 7) is 1.74. The summed E-state index contributed by atoms with van der Waals surface area (Å²) in [6, 6.07) is 1.73. The molecular formula is C16H14N6O3. The first kappa shape index (κ1) is 15.2. The van der Waals surface area contributed by atoms with Crippen LogP contribution in [0.4, 0.5) is 0 Å². The molecule has 3 aromatic rings. The Labute approximate surface area is 141 Å². The molecule has 1 saturated carbocycles. The molecular weight excluding hydrogens is 324 g/mol. The van der Waals surface area contributed by atoms with Crippen LogP contribution in [0.1, 0.15) is 51.0 Å². The molecule has 25 heavy (non-hydrogen) atoms. The van der Waals surface area contributed by atoms with E-state index in [4.69, 9.17) is 4.52 Å². The van der Waals surface area contributed by atoms with E-state index < -0.39 is 11.8 Å². The number of hydrogen-bond acceptors (Lipinski definition) is 7. The van der Waals surface area contributed by atoms with E-state index in [2.05, 4.69) is 31.0 Å². The molecule has 9 nitrogen and oxygen atoms in total. The van der Waals surface area contributed by atoms with Crippen molar-refractivity contribution in [2.75, 3.05) is 0 Å². The van der Waals surface area contributed by atoms with E-state index in [9.17, 15) is 9.59 Å². The van der Waals surface area contributed by atoms with E-state index in [0.29, 0.717) is 28.3 Å². The van der Waals surface area contributed by atoms with E-state index in [1.807, 2.05) is 0 Å². The van der Waals surface area contributed by atoms with Gasteiger partial charge in [0.2, 0.25) is 0 Å². The van der Waals surface area contributed by atoms with Gasteiger partial charge >= 0.3 is 0 Å². The first-order valence-electron chi connectivity index (χ1n) is 7.77.